The molecule has 0 bridgehead atoms. The largest absolute Gasteiger partial charge is 0.380 e. The highest BCUT2D eigenvalue weighted by Gasteiger charge is 2.31. The minimum absolute atomic E-state index is 0.143. The molecule has 1 aliphatic heterocycles. The first-order valence-corrected chi connectivity index (χ1v) is 6.72. The number of likely N-dealkylation sites (tertiary alicyclic amines) is 1. The van der Waals surface area contributed by atoms with E-state index in [1.54, 1.807) is 14.2 Å². The van der Waals surface area contributed by atoms with Crippen LogP contribution in [0.15, 0.2) is 12.3 Å². The van der Waals surface area contributed by atoms with Gasteiger partial charge in [0.1, 0.15) is 5.82 Å². The minimum Gasteiger partial charge on any atom is -0.380 e. The second-order valence-electron chi connectivity index (χ2n) is 5.36. The van der Waals surface area contributed by atoms with E-state index < -0.39 is 17.5 Å². The maximum Gasteiger partial charge on any atom is 0.275 e. The molecule has 2 rings (SSSR count). The van der Waals surface area contributed by atoms with Crippen molar-refractivity contribution < 1.29 is 18.3 Å². The molecule has 1 saturated heterocycles. The molecule has 5 nitrogen and oxygen atoms in total. The van der Waals surface area contributed by atoms with E-state index in [9.17, 15) is 13.6 Å². The number of hydrogen-bond donors (Lipinski definition) is 0. The molecule has 2 atom stereocenters. The smallest absolute Gasteiger partial charge is 0.275 e. The lowest BCUT2D eigenvalue weighted by atomic mass is 10.2. The van der Waals surface area contributed by atoms with E-state index in [2.05, 4.69) is 9.88 Å². The van der Waals surface area contributed by atoms with Crippen molar-refractivity contribution >= 4 is 5.91 Å². The summed E-state index contributed by atoms with van der Waals surface area (Å²) in [5.74, 6) is -2.30. The lowest BCUT2D eigenvalue weighted by molar-refractivity contribution is 0.0749. The lowest BCUT2D eigenvalue weighted by Crippen LogP contribution is -2.40. The molecule has 0 aliphatic carbocycles. The van der Waals surface area contributed by atoms with Crippen LogP contribution in [0.3, 0.4) is 0 Å². The summed E-state index contributed by atoms with van der Waals surface area (Å²) in [6, 6.07) is 0.809. The van der Waals surface area contributed by atoms with E-state index in [-0.39, 0.29) is 17.8 Å². The Morgan fingerprint density at radius 2 is 2.29 bits per heavy atom. The van der Waals surface area contributed by atoms with Crippen molar-refractivity contribution in [2.24, 2.45) is 0 Å². The number of halogens is 2. The number of carbonyl (C=O) groups excluding carboxylic acids is 1. The minimum atomic E-state index is -0.943. The van der Waals surface area contributed by atoms with E-state index in [4.69, 9.17) is 4.74 Å². The highest BCUT2D eigenvalue weighted by molar-refractivity contribution is 5.92. The Labute approximate surface area is 122 Å². The van der Waals surface area contributed by atoms with Crippen LogP contribution in [0, 0.1) is 11.6 Å². The van der Waals surface area contributed by atoms with E-state index in [1.165, 1.54) is 4.90 Å². The van der Waals surface area contributed by atoms with Gasteiger partial charge in [-0.1, -0.05) is 0 Å². The number of likely N-dealkylation sites (N-methyl/N-ethyl adjacent to an activating group) is 2. The molecule has 7 heteroatoms. The van der Waals surface area contributed by atoms with Gasteiger partial charge in [-0.15, -0.1) is 0 Å². The third-order valence-electron chi connectivity index (χ3n) is 3.82. The van der Waals surface area contributed by atoms with Crippen molar-refractivity contribution in [2.45, 2.75) is 18.6 Å². The third-order valence-corrected chi connectivity index (χ3v) is 3.82. The van der Waals surface area contributed by atoms with Gasteiger partial charge < -0.3 is 9.64 Å². The van der Waals surface area contributed by atoms with Gasteiger partial charge in [0.2, 0.25) is 0 Å². The third kappa shape index (κ3) is 3.54. The second kappa shape index (κ2) is 6.44. The van der Waals surface area contributed by atoms with Crippen LogP contribution in [0.25, 0.3) is 0 Å². The standard InChI is InChI=1S/C14H19F2N3O2/c1-18-8-11(21-3)5-10(18)7-19(2)14(20)13-12(16)4-9(15)6-17-13/h4,6,10-11H,5,7-8H2,1-3H3/t10-,11-/m0/s1. The van der Waals surface area contributed by atoms with E-state index in [0.29, 0.717) is 12.6 Å². The molecule has 1 aromatic heterocycles. The predicted octanol–water partition coefficient (Wildman–Crippen LogP) is 1.15. The second-order valence-corrected chi connectivity index (χ2v) is 5.36. The fraction of sp³-hybridized carbons (Fsp3) is 0.571. The number of carbonyl (C=O) groups is 1. The number of hydrogen-bond acceptors (Lipinski definition) is 4. The molecule has 2 heterocycles. The highest BCUT2D eigenvalue weighted by Crippen LogP contribution is 2.19. The van der Waals surface area contributed by atoms with Gasteiger partial charge in [-0.2, -0.15) is 0 Å². The predicted molar refractivity (Wildman–Crippen MR) is 72.9 cm³/mol. The van der Waals surface area contributed by atoms with Crippen molar-refractivity contribution in [3.63, 3.8) is 0 Å². The fourth-order valence-corrected chi connectivity index (χ4v) is 2.56. The molecule has 1 fully saturated rings. The molecular weight excluding hydrogens is 280 g/mol. The van der Waals surface area contributed by atoms with Crippen LogP contribution < -0.4 is 0 Å². The average molecular weight is 299 g/mol. The van der Waals surface area contributed by atoms with Crippen molar-refractivity contribution in [3.8, 4) is 0 Å². The number of nitrogens with zero attached hydrogens (tertiary/aromatic N) is 3. The Morgan fingerprint density at radius 3 is 2.86 bits per heavy atom. The molecule has 1 aromatic rings. The summed E-state index contributed by atoms with van der Waals surface area (Å²) < 4.78 is 31.7. The van der Waals surface area contributed by atoms with E-state index in [1.807, 2.05) is 7.05 Å². The van der Waals surface area contributed by atoms with Gasteiger partial charge in [-0.05, 0) is 13.5 Å². The number of aromatic nitrogens is 1. The van der Waals surface area contributed by atoms with Crippen molar-refractivity contribution in [1.82, 2.24) is 14.8 Å². The summed E-state index contributed by atoms with van der Waals surface area (Å²) in [7, 11) is 5.20. The van der Waals surface area contributed by atoms with Crippen LogP contribution in [-0.4, -0.2) is 67.1 Å². The Morgan fingerprint density at radius 1 is 1.57 bits per heavy atom. The molecule has 1 amide bonds. The zero-order valence-electron chi connectivity index (χ0n) is 12.3. The van der Waals surface area contributed by atoms with Crippen LogP contribution >= 0.6 is 0 Å². The molecule has 0 saturated carbocycles. The summed E-state index contributed by atoms with van der Waals surface area (Å²) in [6.07, 6.45) is 1.79. The SMILES string of the molecule is CO[C@H]1C[C@@H](CN(C)C(=O)c2ncc(F)cc2F)N(C)C1. The number of ether oxygens (including phenoxy) is 1. The van der Waals surface area contributed by atoms with Gasteiger partial charge in [-0.25, -0.2) is 13.8 Å². The van der Waals surface area contributed by atoms with Gasteiger partial charge in [0, 0.05) is 39.4 Å². The quantitative estimate of drug-likeness (QED) is 0.837. The van der Waals surface area contributed by atoms with E-state index in [0.717, 1.165) is 19.2 Å². The highest BCUT2D eigenvalue weighted by atomic mass is 19.1. The van der Waals surface area contributed by atoms with E-state index >= 15 is 0 Å². The molecule has 0 aromatic carbocycles. The normalized spacial score (nSPS) is 22.5. The zero-order chi connectivity index (χ0) is 15.6. The summed E-state index contributed by atoms with van der Waals surface area (Å²) >= 11 is 0. The van der Waals surface area contributed by atoms with Crippen LogP contribution in [0.5, 0.6) is 0 Å². The Bertz CT molecular complexity index is 527. The van der Waals surface area contributed by atoms with Crippen molar-refractivity contribution in [2.75, 3.05) is 34.3 Å². The number of amides is 1. The van der Waals surface area contributed by atoms with Crippen molar-refractivity contribution in [1.29, 1.82) is 0 Å². The van der Waals surface area contributed by atoms with Gasteiger partial charge >= 0.3 is 0 Å². The maximum atomic E-state index is 13.6. The summed E-state index contributed by atoms with van der Waals surface area (Å²) in [6.45, 7) is 1.24. The van der Waals surface area contributed by atoms with Gasteiger partial charge in [0.05, 0.1) is 12.3 Å². The van der Waals surface area contributed by atoms with Gasteiger partial charge in [-0.3, -0.25) is 9.69 Å². The van der Waals surface area contributed by atoms with Crippen LogP contribution in [0.1, 0.15) is 16.9 Å². The van der Waals surface area contributed by atoms with Gasteiger partial charge in [0.25, 0.3) is 5.91 Å². The Kier molecular flexibility index (Phi) is 4.84. The summed E-state index contributed by atoms with van der Waals surface area (Å²) in [4.78, 5) is 19.2. The van der Waals surface area contributed by atoms with Crippen LogP contribution in [-0.2, 0) is 4.74 Å². The average Bonchev–Trinajstić information content (AvgIpc) is 2.78. The molecule has 1 aliphatic rings. The molecular formula is C14H19F2N3O2. The Balaban J connectivity index is 2.03. The first-order chi connectivity index (χ1) is 9.92. The summed E-state index contributed by atoms with van der Waals surface area (Å²) in [5, 5.41) is 0. The maximum absolute atomic E-state index is 13.6. The van der Waals surface area contributed by atoms with Crippen LogP contribution in [0.4, 0.5) is 8.78 Å². The lowest BCUT2D eigenvalue weighted by Gasteiger charge is -2.25. The fourth-order valence-electron chi connectivity index (χ4n) is 2.56. The number of pyridine rings is 1. The zero-order valence-corrected chi connectivity index (χ0v) is 12.3. The molecule has 21 heavy (non-hydrogen) atoms. The van der Waals surface area contributed by atoms with Gasteiger partial charge in [0.15, 0.2) is 11.5 Å². The molecule has 0 spiro atoms. The van der Waals surface area contributed by atoms with Crippen molar-refractivity contribution in [3.05, 3.63) is 29.6 Å². The number of methoxy groups -OCH3 is 1. The first kappa shape index (κ1) is 15.8. The molecule has 116 valence electrons. The molecule has 0 radical (unpaired) electrons. The topological polar surface area (TPSA) is 45.7 Å². The summed E-state index contributed by atoms with van der Waals surface area (Å²) in [5.41, 5.74) is -0.358. The molecule has 0 N–H and O–H groups in total. The Hall–Kier alpha value is -1.60. The molecule has 0 unspecified atom stereocenters. The monoisotopic (exact) mass is 299 g/mol. The number of rotatable bonds is 4. The first-order valence-electron chi connectivity index (χ1n) is 6.72. The van der Waals surface area contributed by atoms with Crippen LogP contribution in [0.2, 0.25) is 0 Å².